The Labute approximate surface area is 163 Å². The molecule has 28 heavy (non-hydrogen) atoms. The van der Waals surface area contributed by atoms with Crippen molar-refractivity contribution in [2.45, 2.75) is 19.8 Å². The second kappa shape index (κ2) is 7.56. The molecule has 0 atom stereocenters. The first kappa shape index (κ1) is 17.8. The Balaban J connectivity index is 1.53. The summed E-state index contributed by atoms with van der Waals surface area (Å²) in [5, 5.41) is 0. The SMILES string of the molecule is CCc1ccc(Cc2ccc(-c3nc4cc(OC(N)=O)ccc4[nH]3)cc2)cc1. The molecule has 5 heteroatoms. The molecule has 3 N–H and O–H groups in total. The van der Waals surface area contributed by atoms with Crippen LogP contribution in [0.2, 0.25) is 0 Å². The number of hydrogen-bond donors (Lipinski definition) is 2. The average Bonchev–Trinajstić information content (AvgIpc) is 3.12. The number of ether oxygens (including phenoxy) is 1. The Morgan fingerprint density at radius 1 is 0.964 bits per heavy atom. The zero-order chi connectivity index (χ0) is 19.5. The van der Waals surface area contributed by atoms with E-state index >= 15 is 0 Å². The van der Waals surface area contributed by atoms with Crippen LogP contribution in [0, 0.1) is 0 Å². The topological polar surface area (TPSA) is 81.0 Å². The summed E-state index contributed by atoms with van der Waals surface area (Å²) in [5.74, 6) is 1.15. The van der Waals surface area contributed by atoms with Gasteiger partial charge in [0.05, 0.1) is 11.0 Å². The van der Waals surface area contributed by atoms with Crippen LogP contribution >= 0.6 is 0 Å². The number of carbonyl (C=O) groups excluding carboxylic acids is 1. The average molecular weight is 371 g/mol. The van der Waals surface area contributed by atoms with Gasteiger partial charge in [-0.15, -0.1) is 0 Å². The van der Waals surface area contributed by atoms with Crippen LogP contribution < -0.4 is 10.5 Å². The van der Waals surface area contributed by atoms with Crippen LogP contribution in [-0.2, 0) is 12.8 Å². The molecule has 0 aliphatic heterocycles. The fraction of sp³-hybridized carbons (Fsp3) is 0.130. The minimum absolute atomic E-state index is 0.377. The molecule has 4 rings (SSSR count). The summed E-state index contributed by atoms with van der Waals surface area (Å²) in [7, 11) is 0. The quantitative estimate of drug-likeness (QED) is 0.527. The maximum absolute atomic E-state index is 10.9. The van der Waals surface area contributed by atoms with Gasteiger partial charge in [0.2, 0.25) is 0 Å². The van der Waals surface area contributed by atoms with Crippen molar-refractivity contribution in [3.8, 4) is 17.1 Å². The molecule has 1 amide bonds. The van der Waals surface area contributed by atoms with E-state index in [0.29, 0.717) is 11.3 Å². The number of hydrogen-bond acceptors (Lipinski definition) is 3. The summed E-state index contributed by atoms with van der Waals surface area (Å²) in [5.41, 5.74) is 11.5. The summed E-state index contributed by atoms with van der Waals surface area (Å²) in [4.78, 5) is 18.8. The molecule has 0 bridgehead atoms. The van der Waals surface area contributed by atoms with Crippen molar-refractivity contribution in [2.75, 3.05) is 0 Å². The second-order valence-electron chi connectivity index (χ2n) is 6.73. The van der Waals surface area contributed by atoms with Gasteiger partial charge < -0.3 is 15.5 Å². The van der Waals surface area contributed by atoms with Crippen LogP contribution in [0.15, 0.2) is 66.7 Å². The van der Waals surface area contributed by atoms with Crippen molar-refractivity contribution in [2.24, 2.45) is 5.73 Å². The highest BCUT2D eigenvalue weighted by atomic mass is 16.5. The number of nitrogens with two attached hydrogens (primary N) is 1. The number of amides is 1. The minimum Gasteiger partial charge on any atom is -0.410 e. The number of aromatic amines is 1. The van der Waals surface area contributed by atoms with E-state index in [0.717, 1.165) is 29.7 Å². The zero-order valence-electron chi connectivity index (χ0n) is 15.6. The highest BCUT2D eigenvalue weighted by molar-refractivity contribution is 5.81. The lowest BCUT2D eigenvalue weighted by atomic mass is 10.0. The number of aromatic nitrogens is 2. The Morgan fingerprint density at radius 2 is 1.61 bits per heavy atom. The first-order valence-corrected chi connectivity index (χ1v) is 9.25. The lowest BCUT2D eigenvalue weighted by Crippen LogP contribution is -2.16. The molecule has 5 nitrogen and oxygen atoms in total. The first-order valence-electron chi connectivity index (χ1n) is 9.25. The smallest absolute Gasteiger partial charge is 0.409 e. The van der Waals surface area contributed by atoms with E-state index in [2.05, 4.69) is 65.4 Å². The van der Waals surface area contributed by atoms with Gasteiger partial charge in [-0.1, -0.05) is 55.5 Å². The van der Waals surface area contributed by atoms with E-state index < -0.39 is 6.09 Å². The molecule has 0 spiro atoms. The molecule has 0 unspecified atom stereocenters. The largest absolute Gasteiger partial charge is 0.410 e. The lowest BCUT2D eigenvalue weighted by molar-refractivity contribution is 0.211. The van der Waals surface area contributed by atoms with Gasteiger partial charge in [0.15, 0.2) is 0 Å². The Hall–Kier alpha value is -3.60. The Bertz CT molecular complexity index is 1110. The van der Waals surface area contributed by atoms with Crippen molar-refractivity contribution >= 4 is 17.1 Å². The summed E-state index contributed by atoms with van der Waals surface area (Å²) < 4.78 is 4.91. The number of H-pyrrole nitrogens is 1. The van der Waals surface area contributed by atoms with Gasteiger partial charge in [-0.2, -0.15) is 0 Å². The third kappa shape index (κ3) is 3.88. The molecule has 0 saturated heterocycles. The standard InChI is InChI=1S/C23H21N3O2/c1-2-15-3-5-16(6-4-15)13-17-7-9-18(10-8-17)22-25-20-12-11-19(28-23(24)27)14-21(20)26-22/h3-12,14H,2,13H2,1H3,(H2,24,27)(H,25,26). The van der Waals surface area contributed by atoms with E-state index in [9.17, 15) is 4.79 Å². The second-order valence-corrected chi connectivity index (χ2v) is 6.73. The van der Waals surface area contributed by atoms with E-state index in [1.165, 1.54) is 16.7 Å². The summed E-state index contributed by atoms with van der Waals surface area (Å²) in [6.45, 7) is 2.16. The van der Waals surface area contributed by atoms with Crippen LogP contribution in [0.3, 0.4) is 0 Å². The van der Waals surface area contributed by atoms with Gasteiger partial charge in [-0.05, 0) is 41.7 Å². The van der Waals surface area contributed by atoms with Crippen LogP contribution in [0.1, 0.15) is 23.6 Å². The van der Waals surface area contributed by atoms with E-state index in [1.807, 2.05) is 6.07 Å². The van der Waals surface area contributed by atoms with E-state index in [1.54, 1.807) is 12.1 Å². The molecular weight excluding hydrogens is 350 g/mol. The number of nitrogens with one attached hydrogen (secondary N) is 1. The molecule has 0 saturated carbocycles. The highest BCUT2D eigenvalue weighted by Crippen LogP contribution is 2.24. The number of carbonyl (C=O) groups is 1. The maximum Gasteiger partial charge on any atom is 0.409 e. The summed E-state index contributed by atoms with van der Waals surface area (Å²) >= 11 is 0. The van der Waals surface area contributed by atoms with Crippen molar-refractivity contribution < 1.29 is 9.53 Å². The van der Waals surface area contributed by atoms with Crippen molar-refractivity contribution in [3.05, 3.63) is 83.4 Å². The maximum atomic E-state index is 10.9. The third-order valence-corrected chi connectivity index (χ3v) is 4.74. The van der Waals surface area contributed by atoms with Crippen LogP contribution in [0.5, 0.6) is 5.75 Å². The molecule has 0 radical (unpaired) electrons. The van der Waals surface area contributed by atoms with Gasteiger partial charge in [-0.25, -0.2) is 9.78 Å². The molecule has 1 heterocycles. The van der Waals surface area contributed by atoms with Crippen molar-refractivity contribution in [1.82, 2.24) is 9.97 Å². The summed E-state index contributed by atoms with van der Waals surface area (Å²) in [6, 6.07) is 22.3. The van der Waals surface area contributed by atoms with Gasteiger partial charge in [0.25, 0.3) is 0 Å². The number of aryl methyl sites for hydroxylation is 1. The molecule has 3 aromatic carbocycles. The number of primary amides is 1. The molecular formula is C23H21N3O2. The number of benzene rings is 3. The normalized spacial score (nSPS) is 10.9. The first-order chi connectivity index (χ1) is 13.6. The van der Waals surface area contributed by atoms with Gasteiger partial charge in [0, 0.05) is 11.6 Å². The Kier molecular flexibility index (Phi) is 4.81. The highest BCUT2D eigenvalue weighted by Gasteiger charge is 2.08. The predicted molar refractivity (Wildman–Crippen MR) is 110 cm³/mol. The summed E-state index contributed by atoms with van der Waals surface area (Å²) in [6.07, 6.45) is 1.12. The predicted octanol–water partition coefficient (Wildman–Crippen LogP) is 4.84. The molecule has 1 aromatic heterocycles. The third-order valence-electron chi connectivity index (χ3n) is 4.74. The number of imidazole rings is 1. The lowest BCUT2D eigenvalue weighted by Gasteiger charge is -2.04. The van der Waals surface area contributed by atoms with E-state index in [-0.39, 0.29) is 0 Å². The van der Waals surface area contributed by atoms with Crippen LogP contribution in [0.25, 0.3) is 22.4 Å². The van der Waals surface area contributed by atoms with Gasteiger partial charge in [0.1, 0.15) is 11.6 Å². The van der Waals surface area contributed by atoms with Crippen molar-refractivity contribution in [1.29, 1.82) is 0 Å². The molecule has 140 valence electrons. The van der Waals surface area contributed by atoms with Gasteiger partial charge in [-0.3, -0.25) is 0 Å². The monoisotopic (exact) mass is 371 g/mol. The molecule has 0 aliphatic carbocycles. The fourth-order valence-corrected chi connectivity index (χ4v) is 3.21. The van der Waals surface area contributed by atoms with Gasteiger partial charge >= 0.3 is 6.09 Å². The molecule has 0 fully saturated rings. The Morgan fingerprint density at radius 3 is 2.25 bits per heavy atom. The van der Waals surface area contributed by atoms with Crippen LogP contribution in [0.4, 0.5) is 4.79 Å². The van der Waals surface area contributed by atoms with E-state index in [4.69, 9.17) is 10.5 Å². The number of fused-ring (bicyclic) bond motifs is 1. The zero-order valence-corrected chi connectivity index (χ0v) is 15.6. The van der Waals surface area contributed by atoms with Crippen molar-refractivity contribution in [3.63, 3.8) is 0 Å². The number of nitrogens with zero attached hydrogens (tertiary/aromatic N) is 1. The minimum atomic E-state index is -0.838. The fourth-order valence-electron chi connectivity index (χ4n) is 3.21. The van der Waals surface area contributed by atoms with Crippen LogP contribution in [-0.4, -0.2) is 16.1 Å². The molecule has 0 aliphatic rings. The molecule has 4 aromatic rings. The number of rotatable bonds is 5.